The van der Waals surface area contributed by atoms with Gasteiger partial charge >= 0.3 is 5.97 Å². The lowest BCUT2D eigenvalue weighted by Gasteiger charge is -2.21. The Morgan fingerprint density at radius 3 is 2.63 bits per heavy atom. The third-order valence-corrected chi connectivity index (χ3v) is 5.08. The lowest BCUT2D eigenvalue weighted by molar-refractivity contribution is -0.118. The third kappa shape index (κ3) is 4.30. The second-order valence-electron chi connectivity index (χ2n) is 7.52. The van der Waals surface area contributed by atoms with Crippen molar-refractivity contribution in [3.63, 3.8) is 0 Å². The van der Waals surface area contributed by atoms with Crippen molar-refractivity contribution in [3.05, 3.63) is 59.2 Å². The Labute approximate surface area is 160 Å². The van der Waals surface area contributed by atoms with E-state index >= 15 is 0 Å². The Bertz CT molecular complexity index is 860. The van der Waals surface area contributed by atoms with Gasteiger partial charge in [0, 0.05) is 30.6 Å². The summed E-state index contributed by atoms with van der Waals surface area (Å²) in [6.07, 6.45) is 1.04. The van der Waals surface area contributed by atoms with Gasteiger partial charge in [0.05, 0.1) is 11.3 Å². The van der Waals surface area contributed by atoms with Crippen molar-refractivity contribution in [2.24, 2.45) is 5.92 Å². The summed E-state index contributed by atoms with van der Waals surface area (Å²) in [5.74, 6) is -0.991. The molecular formula is C22H26N2O3. The van der Waals surface area contributed by atoms with Crippen LogP contribution in [0.1, 0.15) is 47.7 Å². The number of aryl methyl sites for hydroxylation is 1. The number of nitrogens with zero attached hydrogens (tertiary/aromatic N) is 1. The molecule has 0 saturated carbocycles. The van der Waals surface area contributed by atoms with Gasteiger partial charge < -0.3 is 15.3 Å². The number of hydrogen-bond donors (Lipinski definition) is 2. The molecule has 0 aromatic heterocycles. The van der Waals surface area contributed by atoms with E-state index in [9.17, 15) is 14.7 Å². The molecular weight excluding hydrogens is 340 g/mol. The van der Waals surface area contributed by atoms with E-state index in [1.54, 1.807) is 26.0 Å². The summed E-state index contributed by atoms with van der Waals surface area (Å²) in [6.45, 7) is 7.40. The van der Waals surface area contributed by atoms with Crippen LogP contribution >= 0.6 is 0 Å². The Kier molecular flexibility index (Phi) is 5.49. The van der Waals surface area contributed by atoms with E-state index in [1.807, 2.05) is 6.07 Å². The van der Waals surface area contributed by atoms with Crippen LogP contribution in [-0.4, -0.2) is 30.1 Å². The van der Waals surface area contributed by atoms with Gasteiger partial charge in [-0.3, -0.25) is 4.79 Å². The summed E-state index contributed by atoms with van der Waals surface area (Å²) in [5, 5.41) is 12.3. The molecule has 27 heavy (non-hydrogen) atoms. The first-order chi connectivity index (χ1) is 12.8. The normalized spacial score (nSPS) is 16.6. The molecule has 1 aliphatic rings. The molecule has 1 amide bonds. The Morgan fingerprint density at radius 2 is 1.96 bits per heavy atom. The van der Waals surface area contributed by atoms with Gasteiger partial charge in [0.2, 0.25) is 5.91 Å². The lowest BCUT2D eigenvalue weighted by atomic mass is 9.97. The number of carboxylic acids is 1. The number of hydrogen-bond acceptors (Lipinski definition) is 3. The number of rotatable bonds is 5. The largest absolute Gasteiger partial charge is 0.478 e. The average molecular weight is 366 g/mol. The van der Waals surface area contributed by atoms with E-state index in [2.05, 4.69) is 41.4 Å². The highest BCUT2D eigenvalue weighted by Gasteiger charge is 2.25. The standard InChI is InChI=1S/C22H26N2O3/c1-14(2)21(25)23-20-8-7-18(12-19(20)22(26)27)24-10-9-17(13-24)16-6-4-5-15(3)11-16/h4-8,11-12,14,17H,9-10,13H2,1-3H3,(H,23,25)(H,26,27)/t17-/m1/s1. The third-order valence-electron chi connectivity index (χ3n) is 5.08. The van der Waals surface area contributed by atoms with Gasteiger partial charge in [-0.05, 0) is 37.1 Å². The zero-order chi connectivity index (χ0) is 19.6. The highest BCUT2D eigenvalue weighted by atomic mass is 16.4. The number of anilines is 2. The zero-order valence-electron chi connectivity index (χ0n) is 16.0. The van der Waals surface area contributed by atoms with Crippen LogP contribution < -0.4 is 10.2 Å². The van der Waals surface area contributed by atoms with Crippen LogP contribution in [0, 0.1) is 12.8 Å². The van der Waals surface area contributed by atoms with Gasteiger partial charge in [0.1, 0.15) is 0 Å². The molecule has 3 rings (SSSR count). The maximum Gasteiger partial charge on any atom is 0.337 e. The molecule has 1 saturated heterocycles. The maximum atomic E-state index is 11.9. The minimum atomic E-state index is -1.04. The number of carbonyl (C=O) groups is 2. The highest BCUT2D eigenvalue weighted by molar-refractivity contribution is 6.01. The summed E-state index contributed by atoms with van der Waals surface area (Å²) >= 11 is 0. The van der Waals surface area contributed by atoms with Crippen LogP contribution in [0.25, 0.3) is 0 Å². The average Bonchev–Trinajstić information content (AvgIpc) is 3.12. The Morgan fingerprint density at radius 1 is 1.19 bits per heavy atom. The molecule has 2 aromatic rings. The highest BCUT2D eigenvalue weighted by Crippen LogP contribution is 2.33. The van der Waals surface area contributed by atoms with E-state index in [1.165, 1.54) is 11.1 Å². The van der Waals surface area contributed by atoms with Gasteiger partial charge in [-0.1, -0.05) is 43.7 Å². The van der Waals surface area contributed by atoms with Gasteiger partial charge in [0.15, 0.2) is 0 Å². The first-order valence-electron chi connectivity index (χ1n) is 9.35. The van der Waals surface area contributed by atoms with Crippen molar-refractivity contribution in [1.82, 2.24) is 0 Å². The fourth-order valence-electron chi connectivity index (χ4n) is 3.48. The van der Waals surface area contributed by atoms with E-state index in [-0.39, 0.29) is 17.4 Å². The summed E-state index contributed by atoms with van der Waals surface area (Å²) in [5.41, 5.74) is 3.94. The van der Waals surface area contributed by atoms with Gasteiger partial charge in [0.25, 0.3) is 0 Å². The molecule has 1 fully saturated rings. The summed E-state index contributed by atoms with van der Waals surface area (Å²) in [4.78, 5) is 25.9. The second kappa shape index (κ2) is 7.82. The number of amides is 1. The lowest BCUT2D eigenvalue weighted by Crippen LogP contribution is -2.22. The molecule has 0 unspecified atom stereocenters. The van der Waals surface area contributed by atoms with Crippen molar-refractivity contribution < 1.29 is 14.7 Å². The zero-order valence-corrected chi connectivity index (χ0v) is 16.0. The monoisotopic (exact) mass is 366 g/mol. The van der Waals surface area contributed by atoms with Crippen molar-refractivity contribution >= 4 is 23.3 Å². The molecule has 0 aliphatic carbocycles. The second-order valence-corrected chi connectivity index (χ2v) is 7.52. The molecule has 0 radical (unpaired) electrons. The predicted molar refractivity (Wildman–Crippen MR) is 108 cm³/mol. The minimum Gasteiger partial charge on any atom is -0.478 e. The number of carbonyl (C=O) groups excluding carboxylic acids is 1. The van der Waals surface area contributed by atoms with Crippen molar-refractivity contribution in [2.75, 3.05) is 23.3 Å². The summed E-state index contributed by atoms with van der Waals surface area (Å²) < 4.78 is 0. The van der Waals surface area contributed by atoms with Crippen molar-refractivity contribution in [2.45, 2.75) is 33.1 Å². The predicted octanol–water partition coefficient (Wildman–Crippen LogP) is 4.28. The molecule has 1 atom stereocenters. The van der Waals surface area contributed by atoms with Gasteiger partial charge in [-0.15, -0.1) is 0 Å². The van der Waals surface area contributed by atoms with Crippen LogP contribution in [0.2, 0.25) is 0 Å². The van der Waals surface area contributed by atoms with Crippen LogP contribution in [0.5, 0.6) is 0 Å². The number of benzene rings is 2. The van der Waals surface area contributed by atoms with Gasteiger partial charge in [-0.25, -0.2) is 4.79 Å². The molecule has 5 heteroatoms. The number of carboxylic acid groups (broad SMARTS) is 1. The first-order valence-corrected chi connectivity index (χ1v) is 9.35. The maximum absolute atomic E-state index is 11.9. The van der Waals surface area contributed by atoms with Crippen LogP contribution in [0.3, 0.4) is 0 Å². The molecule has 2 aromatic carbocycles. The van der Waals surface area contributed by atoms with Gasteiger partial charge in [-0.2, -0.15) is 0 Å². The number of aromatic carboxylic acids is 1. The van der Waals surface area contributed by atoms with E-state index in [0.29, 0.717) is 11.6 Å². The molecule has 5 nitrogen and oxygen atoms in total. The molecule has 1 heterocycles. The van der Waals surface area contributed by atoms with E-state index in [0.717, 1.165) is 25.2 Å². The fraction of sp³-hybridized carbons (Fsp3) is 0.364. The van der Waals surface area contributed by atoms with Crippen LogP contribution in [0.15, 0.2) is 42.5 Å². The molecule has 0 bridgehead atoms. The summed E-state index contributed by atoms with van der Waals surface area (Å²) in [7, 11) is 0. The molecule has 0 spiro atoms. The Hall–Kier alpha value is -2.82. The number of nitrogens with one attached hydrogen (secondary N) is 1. The van der Waals surface area contributed by atoms with Crippen LogP contribution in [-0.2, 0) is 4.79 Å². The topological polar surface area (TPSA) is 69.6 Å². The van der Waals surface area contributed by atoms with E-state index in [4.69, 9.17) is 0 Å². The summed E-state index contributed by atoms with van der Waals surface area (Å²) in [6, 6.07) is 13.8. The van der Waals surface area contributed by atoms with Crippen LogP contribution in [0.4, 0.5) is 11.4 Å². The fourth-order valence-corrected chi connectivity index (χ4v) is 3.48. The quantitative estimate of drug-likeness (QED) is 0.829. The molecule has 1 aliphatic heterocycles. The first kappa shape index (κ1) is 19.0. The molecule has 142 valence electrons. The van der Waals surface area contributed by atoms with Crippen molar-refractivity contribution in [3.8, 4) is 0 Å². The van der Waals surface area contributed by atoms with Crippen molar-refractivity contribution in [1.29, 1.82) is 0 Å². The smallest absolute Gasteiger partial charge is 0.337 e. The Balaban J connectivity index is 1.80. The SMILES string of the molecule is Cc1cccc([C@@H]2CCN(c3ccc(NC(=O)C(C)C)c(C(=O)O)c3)C2)c1. The van der Waals surface area contributed by atoms with E-state index < -0.39 is 5.97 Å². The minimum absolute atomic E-state index is 0.125. The molecule has 2 N–H and O–H groups in total.